The van der Waals surface area contributed by atoms with E-state index in [0.717, 1.165) is 19.3 Å². The van der Waals surface area contributed by atoms with Gasteiger partial charge in [-0.05, 0) is 31.4 Å². The van der Waals surface area contributed by atoms with E-state index < -0.39 is 17.4 Å². The zero-order valence-corrected chi connectivity index (χ0v) is 20.0. The Kier molecular flexibility index (Phi) is 12.7. The molecule has 0 amide bonds. The van der Waals surface area contributed by atoms with Gasteiger partial charge >= 0.3 is 11.9 Å². The van der Waals surface area contributed by atoms with Crippen molar-refractivity contribution in [2.75, 3.05) is 20.8 Å². The predicted octanol–water partition coefficient (Wildman–Crippen LogP) is 6.10. The second-order valence-electron chi connectivity index (χ2n) is 7.78. The Morgan fingerprint density at radius 2 is 1.29 bits per heavy atom. The molecule has 0 atom stereocenters. The van der Waals surface area contributed by atoms with Gasteiger partial charge in [0.2, 0.25) is 5.75 Å². The third-order valence-corrected chi connectivity index (χ3v) is 5.80. The Hall–Kier alpha value is -2.24. The quantitative estimate of drug-likeness (QED) is 0.135. The molecule has 6 heteroatoms. The molecule has 1 aromatic carbocycles. The van der Waals surface area contributed by atoms with Crippen LogP contribution in [-0.4, -0.2) is 32.8 Å². The van der Waals surface area contributed by atoms with Crippen LogP contribution in [0.4, 0.5) is 0 Å². The highest BCUT2D eigenvalue weighted by atomic mass is 16.6. The molecule has 0 saturated heterocycles. The van der Waals surface area contributed by atoms with E-state index in [0.29, 0.717) is 18.1 Å². The predicted molar refractivity (Wildman–Crippen MR) is 122 cm³/mol. The van der Waals surface area contributed by atoms with Crippen LogP contribution in [0.3, 0.4) is 0 Å². The Morgan fingerprint density at radius 1 is 0.774 bits per heavy atom. The lowest BCUT2D eigenvalue weighted by molar-refractivity contribution is -0.168. The van der Waals surface area contributed by atoms with Gasteiger partial charge in [0.05, 0.1) is 20.8 Å². The van der Waals surface area contributed by atoms with Crippen molar-refractivity contribution in [1.82, 2.24) is 0 Å². The van der Waals surface area contributed by atoms with Gasteiger partial charge in [0.15, 0.2) is 16.9 Å². The minimum absolute atomic E-state index is 0.166. The van der Waals surface area contributed by atoms with Crippen molar-refractivity contribution >= 4 is 11.9 Å². The summed E-state index contributed by atoms with van der Waals surface area (Å²) >= 11 is 0. The van der Waals surface area contributed by atoms with Crippen LogP contribution in [0.15, 0.2) is 18.2 Å². The monoisotopic (exact) mass is 436 g/mol. The fraction of sp³-hybridized carbons (Fsp3) is 0.680. The zero-order chi connectivity index (χ0) is 23.1. The molecule has 1 aromatic rings. The highest BCUT2D eigenvalue weighted by Crippen LogP contribution is 2.39. The molecule has 0 heterocycles. The first kappa shape index (κ1) is 26.8. The van der Waals surface area contributed by atoms with Gasteiger partial charge in [0.25, 0.3) is 0 Å². The van der Waals surface area contributed by atoms with Gasteiger partial charge in [-0.3, -0.25) is 9.59 Å². The fourth-order valence-corrected chi connectivity index (χ4v) is 3.56. The number of carbonyl (C=O) groups is 2. The maximum atomic E-state index is 13.1. The SMILES string of the molecule is CCCCCCCCCCOC(=O)C(CC)(CC)C(=O)Oc1c(OC)cccc1OC. The number of carbonyl (C=O) groups excluding carboxylic acids is 2. The van der Waals surface area contributed by atoms with Crippen molar-refractivity contribution in [1.29, 1.82) is 0 Å². The van der Waals surface area contributed by atoms with Gasteiger partial charge in [0.1, 0.15) is 0 Å². The average molecular weight is 437 g/mol. The lowest BCUT2D eigenvalue weighted by Gasteiger charge is -2.27. The van der Waals surface area contributed by atoms with Crippen LogP contribution in [0.2, 0.25) is 0 Å². The number of rotatable bonds is 16. The first-order valence-corrected chi connectivity index (χ1v) is 11.6. The summed E-state index contributed by atoms with van der Waals surface area (Å²) in [4.78, 5) is 26.0. The van der Waals surface area contributed by atoms with Crippen molar-refractivity contribution in [2.45, 2.75) is 85.0 Å². The molecule has 0 N–H and O–H groups in total. The number of ether oxygens (including phenoxy) is 4. The highest BCUT2D eigenvalue weighted by molar-refractivity contribution is 6.01. The Balaban J connectivity index is 2.67. The lowest BCUT2D eigenvalue weighted by Crippen LogP contribution is -2.42. The van der Waals surface area contributed by atoms with Gasteiger partial charge < -0.3 is 18.9 Å². The second kappa shape index (κ2) is 14.7. The summed E-state index contributed by atoms with van der Waals surface area (Å²) in [6, 6.07) is 5.08. The average Bonchev–Trinajstić information content (AvgIpc) is 2.79. The van der Waals surface area contributed by atoms with Gasteiger partial charge in [-0.25, -0.2) is 0 Å². The van der Waals surface area contributed by atoms with Crippen LogP contribution < -0.4 is 14.2 Å². The first-order valence-electron chi connectivity index (χ1n) is 11.6. The van der Waals surface area contributed by atoms with Crippen LogP contribution in [0.25, 0.3) is 0 Å². The van der Waals surface area contributed by atoms with Crippen LogP contribution in [0.5, 0.6) is 17.2 Å². The Morgan fingerprint density at radius 3 is 1.77 bits per heavy atom. The summed E-state index contributed by atoms with van der Waals surface area (Å²) in [5.74, 6) is -0.289. The van der Waals surface area contributed by atoms with Gasteiger partial charge in [-0.2, -0.15) is 0 Å². The summed E-state index contributed by atoms with van der Waals surface area (Å²) < 4.78 is 21.7. The molecular weight excluding hydrogens is 396 g/mol. The van der Waals surface area contributed by atoms with Gasteiger partial charge in [0, 0.05) is 0 Å². The molecule has 0 radical (unpaired) electrons. The van der Waals surface area contributed by atoms with Crippen molar-refractivity contribution in [2.24, 2.45) is 5.41 Å². The zero-order valence-electron chi connectivity index (χ0n) is 20.0. The molecule has 0 saturated carbocycles. The maximum absolute atomic E-state index is 13.1. The standard InChI is InChI=1S/C25H40O6/c1-6-9-10-11-12-13-14-15-19-30-23(26)25(7-2,8-3)24(27)31-22-20(28-4)17-16-18-21(22)29-5/h16-18H,6-15,19H2,1-5H3. The summed E-state index contributed by atoms with van der Waals surface area (Å²) in [7, 11) is 2.97. The normalized spacial score (nSPS) is 11.1. The summed E-state index contributed by atoms with van der Waals surface area (Å²) in [6.07, 6.45) is 9.86. The van der Waals surface area contributed by atoms with E-state index in [1.807, 2.05) is 0 Å². The molecule has 0 aliphatic rings. The maximum Gasteiger partial charge on any atom is 0.329 e. The minimum atomic E-state index is -1.36. The van der Waals surface area contributed by atoms with Crippen LogP contribution >= 0.6 is 0 Å². The lowest BCUT2D eigenvalue weighted by atomic mass is 9.82. The molecule has 0 aliphatic heterocycles. The highest BCUT2D eigenvalue weighted by Gasteiger charge is 2.46. The van der Waals surface area contributed by atoms with Gasteiger partial charge in [-0.1, -0.05) is 71.8 Å². The number of hydrogen-bond donors (Lipinski definition) is 0. The van der Waals surface area contributed by atoms with E-state index in [2.05, 4.69) is 6.92 Å². The molecule has 31 heavy (non-hydrogen) atoms. The Bertz CT molecular complexity index is 644. The molecule has 0 fully saturated rings. The number of para-hydroxylation sites is 1. The molecule has 0 unspecified atom stereocenters. The van der Waals surface area contributed by atoms with Crippen molar-refractivity contribution < 1.29 is 28.5 Å². The van der Waals surface area contributed by atoms with Gasteiger partial charge in [-0.15, -0.1) is 0 Å². The minimum Gasteiger partial charge on any atom is -0.493 e. The van der Waals surface area contributed by atoms with E-state index in [1.165, 1.54) is 46.3 Å². The summed E-state index contributed by atoms with van der Waals surface area (Å²) in [6.45, 7) is 6.12. The van der Waals surface area contributed by atoms with Crippen molar-refractivity contribution in [3.05, 3.63) is 18.2 Å². The third kappa shape index (κ3) is 7.75. The fourth-order valence-electron chi connectivity index (χ4n) is 3.56. The van der Waals surface area contributed by atoms with Crippen molar-refractivity contribution in [3.63, 3.8) is 0 Å². The summed E-state index contributed by atoms with van der Waals surface area (Å²) in [5, 5.41) is 0. The molecule has 6 nitrogen and oxygen atoms in total. The molecule has 0 bridgehead atoms. The van der Waals surface area contributed by atoms with E-state index >= 15 is 0 Å². The van der Waals surface area contributed by atoms with Crippen LogP contribution in [-0.2, 0) is 14.3 Å². The molecule has 0 aromatic heterocycles. The number of methoxy groups -OCH3 is 2. The Labute approximate surface area is 187 Å². The topological polar surface area (TPSA) is 71.1 Å². The van der Waals surface area contributed by atoms with E-state index in [-0.39, 0.29) is 18.6 Å². The van der Waals surface area contributed by atoms with E-state index in [9.17, 15) is 9.59 Å². The number of unbranched alkanes of at least 4 members (excludes halogenated alkanes) is 7. The molecular formula is C25H40O6. The number of esters is 2. The van der Waals surface area contributed by atoms with E-state index in [4.69, 9.17) is 18.9 Å². The summed E-state index contributed by atoms with van der Waals surface area (Å²) in [5.41, 5.74) is -1.36. The molecule has 1 rings (SSSR count). The van der Waals surface area contributed by atoms with E-state index in [1.54, 1.807) is 32.0 Å². The first-order chi connectivity index (χ1) is 15.0. The van der Waals surface area contributed by atoms with Crippen LogP contribution in [0.1, 0.15) is 85.0 Å². The smallest absolute Gasteiger partial charge is 0.329 e. The molecule has 0 spiro atoms. The second-order valence-corrected chi connectivity index (χ2v) is 7.78. The molecule has 0 aliphatic carbocycles. The number of benzene rings is 1. The number of hydrogen-bond acceptors (Lipinski definition) is 6. The van der Waals surface area contributed by atoms with Crippen LogP contribution in [0, 0.1) is 5.41 Å². The molecule has 176 valence electrons. The van der Waals surface area contributed by atoms with Crippen molar-refractivity contribution in [3.8, 4) is 17.2 Å². The largest absolute Gasteiger partial charge is 0.493 e. The third-order valence-electron chi connectivity index (χ3n) is 5.80.